The molecule has 2 aliphatic carbocycles. The largest absolute Gasteiger partial charge is 0.497 e. The summed E-state index contributed by atoms with van der Waals surface area (Å²) in [5.41, 5.74) is 1.15. The number of carbonyl (C=O) groups is 2. The first-order valence-electron chi connectivity index (χ1n) is 12.4. The summed E-state index contributed by atoms with van der Waals surface area (Å²) in [6.45, 7) is 5.76. The smallest absolute Gasteiger partial charge is 0.234 e. The maximum Gasteiger partial charge on any atom is 0.234 e. The number of benzene rings is 1. The molecule has 2 amide bonds. The molecule has 1 saturated heterocycles. The molecule has 2 bridgehead atoms. The van der Waals surface area contributed by atoms with Crippen LogP contribution in [0.1, 0.15) is 51.0 Å². The van der Waals surface area contributed by atoms with Gasteiger partial charge in [-0.1, -0.05) is 18.6 Å². The van der Waals surface area contributed by atoms with E-state index in [-0.39, 0.29) is 17.9 Å². The maximum absolute atomic E-state index is 12.7. The van der Waals surface area contributed by atoms with Crippen LogP contribution in [0.25, 0.3) is 0 Å². The number of ether oxygens (including phenoxy) is 1. The second kappa shape index (κ2) is 10.7. The molecule has 4 rings (SSSR count). The molecule has 176 valence electrons. The number of aryl methyl sites for hydroxylation is 1. The van der Waals surface area contributed by atoms with Crippen molar-refractivity contribution in [2.75, 3.05) is 39.8 Å². The van der Waals surface area contributed by atoms with Crippen LogP contribution in [0.5, 0.6) is 5.75 Å². The third-order valence-electron chi connectivity index (χ3n) is 7.92. The van der Waals surface area contributed by atoms with Gasteiger partial charge in [-0.3, -0.25) is 14.5 Å². The third-order valence-corrected chi connectivity index (χ3v) is 7.92. The molecule has 32 heavy (non-hydrogen) atoms. The van der Waals surface area contributed by atoms with E-state index < -0.39 is 0 Å². The van der Waals surface area contributed by atoms with Crippen molar-refractivity contribution in [1.29, 1.82) is 0 Å². The zero-order valence-electron chi connectivity index (χ0n) is 19.7. The highest BCUT2D eigenvalue weighted by atomic mass is 16.5. The van der Waals surface area contributed by atoms with E-state index in [1.807, 2.05) is 29.2 Å². The van der Waals surface area contributed by atoms with E-state index in [0.29, 0.717) is 25.4 Å². The highest BCUT2D eigenvalue weighted by Crippen LogP contribution is 2.49. The molecule has 1 N–H and O–H groups in total. The molecule has 4 unspecified atom stereocenters. The maximum atomic E-state index is 12.7. The molecule has 0 spiro atoms. The van der Waals surface area contributed by atoms with Crippen molar-refractivity contribution in [3.05, 3.63) is 29.8 Å². The number of methoxy groups -OCH3 is 1. The number of hydrogen-bond donors (Lipinski definition) is 1. The Labute approximate surface area is 192 Å². The summed E-state index contributed by atoms with van der Waals surface area (Å²) in [4.78, 5) is 29.6. The fourth-order valence-corrected chi connectivity index (χ4v) is 6.10. The quantitative estimate of drug-likeness (QED) is 0.673. The second-order valence-corrected chi connectivity index (χ2v) is 10.1. The first kappa shape index (κ1) is 23.1. The van der Waals surface area contributed by atoms with Crippen LogP contribution in [-0.4, -0.2) is 67.5 Å². The fourth-order valence-electron chi connectivity index (χ4n) is 6.10. The van der Waals surface area contributed by atoms with Crippen LogP contribution in [0, 0.1) is 17.8 Å². The Morgan fingerprint density at radius 3 is 2.59 bits per heavy atom. The molecule has 1 heterocycles. The van der Waals surface area contributed by atoms with Crippen LogP contribution in [-0.2, 0) is 16.0 Å². The molecule has 6 heteroatoms. The van der Waals surface area contributed by atoms with Crippen LogP contribution < -0.4 is 10.1 Å². The van der Waals surface area contributed by atoms with Crippen molar-refractivity contribution in [3.63, 3.8) is 0 Å². The Morgan fingerprint density at radius 2 is 1.91 bits per heavy atom. The van der Waals surface area contributed by atoms with Gasteiger partial charge in [0.25, 0.3) is 0 Å². The van der Waals surface area contributed by atoms with Gasteiger partial charge in [-0.15, -0.1) is 0 Å². The Hall–Kier alpha value is -2.08. The van der Waals surface area contributed by atoms with Gasteiger partial charge in [0, 0.05) is 38.6 Å². The van der Waals surface area contributed by atoms with E-state index in [9.17, 15) is 9.59 Å². The van der Waals surface area contributed by atoms with Gasteiger partial charge in [0.05, 0.1) is 13.7 Å². The molecule has 2 saturated carbocycles. The van der Waals surface area contributed by atoms with E-state index in [2.05, 4.69) is 17.1 Å². The SMILES string of the molecule is COc1ccc(CCC(=O)N2CCCN(CC(=O)NC(C)C3CC4CCC3C4)CC2)cc1. The summed E-state index contributed by atoms with van der Waals surface area (Å²) in [6.07, 6.45) is 7.60. The fraction of sp³-hybridized carbons (Fsp3) is 0.692. The number of fused-ring (bicyclic) bond motifs is 2. The third kappa shape index (κ3) is 5.83. The van der Waals surface area contributed by atoms with Crippen LogP contribution in [0.3, 0.4) is 0 Å². The first-order valence-corrected chi connectivity index (χ1v) is 12.4. The monoisotopic (exact) mass is 441 g/mol. The van der Waals surface area contributed by atoms with Crippen LogP contribution >= 0.6 is 0 Å². The van der Waals surface area contributed by atoms with Crippen LogP contribution in [0.15, 0.2) is 24.3 Å². The van der Waals surface area contributed by atoms with Gasteiger partial charge in [-0.25, -0.2) is 0 Å². The van der Waals surface area contributed by atoms with E-state index in [1.54, 1.807) is 7.11 Å². The lowest BCUT2D eigenvalue weighted by atomic mass is 9.84. The molecule has 4 atom stereocenters. The number of nitrogens with zero attached hydrogens (tertiary/aromatic N) is 2. The average Bonchev–Trinajstić information content (AvgIpc) is 3.36. The number of carbonyl (C=O) groups excluding carboxylic acids is 2. The predicted molar refractivity (Wildman–Crippen MR) is 125 cm³/mol. The summed E-state index contributed by atoms with van der Waals surface area (Å²) in [7, 11) is 1.66. The van der Waals surface area contributed by atoms with Gasteiger partial charge in [0.1, 0.15) is 5.75 Å². The summed E-state index contributed by atoms with van der Waals surface area (Å²) in [6, 6.07) is 8.19. The molecule has 0 radical (unpaired) electrons. The van der Waals surface area contributed by atoms with Crippen molar-refractivity contribution in [1.82, 2.24) is 15.1 Å². The van der Waals surface area contributed by atoms with Crippen molar-refractivity contribution in [2.24, 2.45) is 17.8 Å². The van der Waals surface area contributed by atoms with Crippen molar-refractivity contribution < 1.29 is 14.3 Å². The van der Waals surface area contributed by atoms with Gasteiger partial charge < -0.3 is 15.0 Å². The number of hydrogen-bond acceptors (Lipinski definition) is 4. The Morgan fingerprint density at radius 1 is 1.09 bits per heavy atom. The summed E-state index contributed by atoms with van der Waals surface area (Å²) in [5.74, 6) is 3.58. The predicted octanol–water partition coefficient (Wildman–Crippen LogP) is 3.10. The molecular weight excluding hydrogens is 402 g/mol. The molecule has 1 aromatic carbocycles. The minimum absolute atomic E-state index is 0.138. The first-order chi connectivity index (χ1) is 15.5. The highest BCUT2D eigenvalue weighted by Gasteiger charge is 2.42. The van der Waals surface area contributed by atoms with Crippen molar-refractivity contribution in [2.45, 2.75) is 57.9 Å². The summed E-state index contributed by atoms with van der Waals surface area (Å²) in [5, 5.41) is 3.28. The molecule has 3 aliphatic rings. The van der Waals surface area contributed by atoms with E-state index in [4.69, 9.17) is 4.74 Å². The minimum Gasteiger partial charge on any atom is -0.497 e. The highest BCUT2D eigenvalue weighted by molar-refractivity contribution is 5.78. The molecule has 1 aliphatic heterocycles. The lowest BCUT2D eigenvalue weighted by molar-refractivity contribution is -0.131. The molecule has 3 fully saturated rings. The normalized spacial score (nSPS) is 26.6. The zero-order chi connectivity index (χ0) is 22.5. The average molecular weight is 442 g/mol. The van der Waals surface area contributed by atoms with Crippen LogP contribution in [0.2, 0.25) is 0 Å². The number of rotatable bonds is 8. The lowest BCUT2D eigenvalue weighted by Gasteiger charge is -2.29. The molecule has 1 aromatic rings. The van der Waals surface area contributed by atoms with Gasteiger partial charge in [-0.05, 0) is 74.5 Å². The van der Waals surface area contributed by atoms with E-state index in [1.165, 1.54) is 25.7 Å². The Balaban J connectivity index is 1.17. The standard InChI is InChI=1S/C26H39N3O3/c1-19(24-17-21-4-8-22(24)16-21)27-25(30)18-28-12-3-13-29(15-14-28)26(31)11-7-20-5-9-23(32-2)10-6-20/h5-6,9-10,19,21-22,24H,3-4,7-8,11-18H2,1-2H3,(H,27,30). The van der Waals surface area contributed by atoms with Crippen molar-refractivity contribution >= 4 is 11.8 Å². The van der Waals surface area contributed by atoms with Gasteiger partial charge in [-0.2, -0.15) is 0 Å². The molecule has 6 nitrogen and oxygen atoms in total. The Kier molecular flexibility index (Phi) is 7.71. The summed E-state index contributed by atoms with van der Waals surface area (Å²) < 4.78 is 5.19. The van der Waals surface area contributed by atoms with Crippen LogP contribution in [0.4, 0.5) is 0 Å². The van der Waals surface area contributed by atoms with E-state index >= 15 is 0 Å². The summed E-state index contributed by atoms with van der Waals surface area (Å²) >= 11 is 0. The molecular formula is C26H39N3O3. The topological polar surface area (TPSA) is 61.9 Å². The molecule has 0 aromatic heterocycles. The lowest BCUT2D eigenvalue weighted by Crippen LogP contribution is -2.45. The second-order valence-electron chi connectivity index (χ2n) is 10.1. The van der Waals surface area contributed by atoms with Gasteiger partial charge in [0.2, 0.25) is 11.8 Å². The van der Waals surface area contributed by atoms with E-state index in [0.717, 1.165) is 55.6 Å². The van der Waals surface area contributed by atoms with Gasteiger partial charge >= 0.3 is 0 Å². The van der Waals surface area contributed by atoms with Crippen molar-refractivity contribution in [3.8, 4) is 5.75 Å². The minimum atomic E-state index is 0.138. The van der Waals surface area contributed by atoms with Gasteiger partial charge in [0.15, 0.2) is 0 Å². The zero-order valence-corrected chi connectivity index (χ0v) is 19.7. The Bertz CT molecular complexity index is 781. The number of amides is 2. The number of nitrogens with one attached hydrogen (secondary N) is 1.